The first-order chi connectivity index (χ1) is 11.5. The van der Waals surface area contributed by atoms with Crippen LogP contribution in [0.1, 0.15) is 19.4 Å². The third kappa shape index (κ3) is 5.27. The quantitative estimate of drug-likeness (QED) is 0.751. The zero-order chi connectivity index (χ0) is 17.5. The van der Waals surface area contributed by atoms with Gasteiger partial charge < -0.3 is 19.3 Å². The third-order valence-electron chi connectivity index (χ3n) is 3.99. The molecule has 0 bridgehead atoms. The molecule has 0 aromatic heterocycles. The Bertz CT molecular complexity index is 576. The molecule has 0 saturated carbocycles. The molecule has 1 saturated heterocycles. The molecule has 1 aliphatic rings. The van der Waals surface area contributed by atoms with Crippen LogP contribution in [0.15, 0.2) is 24.3 Å². The highest BCUT2D eigenvalue weighted by Gasteiger charge is 2.16. The number of hydrogen-bond acceptors (Lipinski definition) is 4. The molecule has 132 valence electrons. The first kappa shape index (κ1) is 18.3. The van der Waals surface area contributed by atoms with Crippen LogP contribution in [0, 0.1) is 5.92 Å². The number of piperazine rings is 1. The maximum Gasteiger partial charge on any atom is 0.246 e. The summed E-state index contributed by atoms with van der Waals surface area (Å²) in [6.07, 6.45) is 3.46. The lowest BCUT2D eigenvalue weighted by molar-refractivity contribution is -0.127. The lowest BCUT2D eigenvalue weighted by Crippen LogP contribution is -2.46. The summed E-state index contributed by atoms with van der Waals surface area (Å²) in [5.41, 5.74) is 0.922. The number of hydrogen-bond donors (Lipinski definition) is 0. The molecular formula is C19H28N2O3. The van der Waals surface area contributed by atoms with E-state index < -0.39 is 0 Å². The van der Waals surface area contributed by atoms with Gasteiger partial charge in [0, 0.05) is 32.3 Å². The van der Waals surface area contributed by atoms with Crippen LogP contribution in [-0.2, 0) is 4.79 Å². The summed E-state index contributed by atoms with van der Waals surface area (Å²) in [5, 5.41) is 0. The van der Waals surface area contributed by atoms with Crippen LogP contribution in [0.3, 0.4) is 0 Å². The second-order valence-corrected chi connectivity index (χ2v) is 6.58. The molecule has 0 N–H and O–H groups in total. The number of ether oxygens (including phenoxy) is 2. The lowest BCUT2D eigenvalue weighted by atomic mass is 10.1. The molecule has 24 heavy (non-hydrogen) atoms. The molecule has 0 spiro atoms. The van der Waals surface area contributed by atoms with Gasteiger partial charge in [-0.2, -0.15) is 0 Å². The average molecular weight is 332 g/mol. The maximum atomic E-state index is 12.2. The minimum absolute atomic E-state index is 0.0576. The van der Waals surface area contributed by atoms with Crippen molar-refractivity contribution in [2.75, 3.05) is 46.9 Å². The van der Waals surface area contributed by atoms with Gasteiger partial charge in [-0.25, -0.2) is 0 Å². The normalized spacial score (nSPS) is 16.0. The van der Waals surface area contributed by atoms with Gasteiger partial charge in [0.05, 0.1) is 13.7 Å². The van der Waals surface area contributed by atoms with Gasteiger partial charge in [0.15, 0.2) is 11.5 Å². The minimum Gasteiger partial charge on any atom is -0.493 e. The number of likely N-dealkylation sites (N-methyl/N-ethyl adjacent to an activating group) is 1. The van der Waals surface area contributed by atoms with Gasteiger partial charge >= 0.3 is 0 Å². The van der Waals surface area contributed by atoms with Crippen molar-refractivity contribution in [3.8, 4) is 11.5 Å². The predicted molar refractivity (Wildman–Crippen MR) is 96.4 cm³/mol. The fourth-order valence-electron chi connectivity index (χ4n) is 2.46. The van der Waals surface area contributed by atoms with E-state index in [9.17, 15) is 4.79 Å². The van der Waals surface area contributed by atoms with E-state index in [4.69, 9.17) is 9.47 Å². The van der Waals surface area contributed by atoms with Crippen LogP contribution < -0.4 is 9.47 Å². The van der Waals surface area contributed by atoms with E-state index in [1.807, 2.05) is 29.2 Å². The van der Waals surface area contributed by atoms with Crippen molar-refractivity contribution in [1.29, 1.82) is 0 Å². The van der Waals surface area contributed by atoms with Crippen molar-refractivity contribution in [3.05, 3.63) is 29.8 Å². The fraction of sp³-hybridized carbons (Fsp3) is 0.526. The highest BCUT2D eigenvalue weighted by atomic mass is 16.5. The summed E-state index contributed by atoms with van der Waals surface area (Å²) < 4.78 is 11.1. The van der Waals surface area contributed by atoms with Crippen LogP contribution in [0.4, 0.5) is 0 Å². The van der Waals surface area contributed by atoms with Crippen molar-refractivity contribution in [1.82, 2.24) is 9.80 Å². The maximum absolute atomic E-state index is 12.2. The molecule has 0 unspecified atom stereocenters. The lowest BCUT2D eigenvalue weighted by Gasteiger charge is -2.31. The van der Waals surface area contributed by atoms with Gasteiger partial charge in [0.2, 0.25) is 5.91 Å². The Labute approximate surface area is 144 Å². The molecule has 1 amide bonds. The molecule has 1 aromatic carbocycles. The van der Waals surface area contributed by atoms with Crippen LogP contribution in [0.5, 0.6) is 11.5 Å². The Morgan fingerprint density at radius 2 is 1.92 bits per heavy atom. The van der Waals surface area contributed by atoms with Crippen LogP contribution in [0.2, 0.25) is 0 Å². The SMILES string of the molecule is COc1cc(C=CC(=O)N2CCN(C)CC2)ccc1OCC(C)C. The molecule has 0 atom stereocenters. The number of benzene rings is 1. The molecule has 1 fully saturated rings. The first-order valence-corrected chi connectivity index (χ1v) is 8.46. The van der Waals surface area contributed by atoms with Crippen LogP contribution in [-0.4, -0.2) is 62.7 Å². The minimum atomic E-state index is 0.0576. The van der Waals surface area contributed by atoms with Gasteiger partial charge in [-0.3, -0.25) is 4.79 Å². The Hall–Kier alpha value is -2.01. The number of nitrogens with zero attached hydrogens (tertiary/aromatic N) is 2. The number of carbonyl (C=O) groups excluding carboxylic acids is 1. The highest BCUT2D eigenvalue weighted by molar-refractivity contribution is 5.92. The van der Waals surface area contributed by atoms with Crippen LogP contribution in [0.25, 0.3) is 6.08 Å². The van der Waals surface area contributed by atoms with E-state index in [1.165, 1.54) is 0 Å². The van der Waals surface area contributed by atoms with Crippen molar-refractivity contribution in [2.45, 2.75) is 13.8 Å². The Kier molecular flexibility index (Phi) is 6.67. The molecule has 1 heterocycles. The molecule has 1 aromatic rings. The summed E-state index contributed by atoms with van der Waals surface area (Å²) in [5.74, 6) is 1.93. The van der Waals surface area contributed by atoms with E-state index in [-0.39, 0.29) is 5.91 Å². The van der Waals surface area contributed by atoms with E-state index in [0.717, 1.165) is 37.5 Å². The standard InChI is InChI=1S/C19H28N2O3/c1-15(2)14-24-17-7-5-16(13-18(17)23-4)6-8-19(22)21-11-9-20(3)10-12-21/h5-8,13,15H,9-12,14H2,1-4H3. The van der Waals surface area contributed by atoms with Crippen molar-refractivity contribution >= 4 is 12.0 Å². The number of rotatable bonds is 6. The van der Waals surface area contributed by atoms with Gasteiger partial charge in [-0.15, -0.1) is 0 Å². The Balaban J connectivity index is 1.99. The fourth-order valence-corrected chi connectivity index (χ4v) is 2.46. The first-order valence-electron chi connectivity index (χ1n) is 8.46. The van der Waals surface area contributed by atoms with Gasteiger partial charge in [-0.1, -0.05) is 19.9 Å². The van der Waals surface area contributed by atoms with Gasteiger partial charge in [0.1, 0.15) is 0 Å². The molecule has 5 nitrogen and oxygen atoms in total. The zero-order valence-corrected chi connectivity index (χ0v) is 15.1. The molecule has 0 aliphatic carbocycles. The van der Waals surface area contributed by atoms with Crippen molar-refractivity contribution in [3.63, 3.8) is 0 Å². The topological polar surface area (TPSA) is 42.0 Å². The zero-order valence-electron chi connectivity index (χ0n) is 15.1. The Morgan fingerprint density at radius 1 is 1.21 bits per heavy atom. The smallest absolute Gasteiger partial charge is 0.246 e. The number of carbonyl (C=O) groups is 1. The summed E-state index contributed by atoms with van der Waals surface area (Å²) in [4.78, 5) is 16.4. The third-order valence-corrected chi connectivity index (χ3v) is 3.99. The summed E-state index contributed by atoms with van der Waals surface area (Å²) in [6.45, 7) is 8.27. The van der Waals surface area contributed by atoms with E-state index in [2.05, 4.69) is 25.8 Å². The summed E-state index contributed by atoms with van der Waals surface area (Å²) in [7, 11) is 3.70. The highest BCUT2D eigenvalue weighted by Crippen LogP contribution is 2.29. The molecular weight excluding hydrogens is 304 g/mol. The predicted octanol–water partition coefficient (Wildman–Crippen LogP) is 2.52. The van der Waals surface area contributed by atoms with E-state index in [0.29, 0.717) is 18.3 Å². The number of methoxy groups -OCH3 is 1. The van der Waals surface area contributed by atoms with Gasteiger partial charge in [0.25, 0.3) is 0 Å². The largest absolute Gasteiger partial charge is 0.493 e. The van der Waals surface area contributed by atoms with Gasteiger partial charge in [-0.05, 0) is 36.7 Å². The number of amides is 1. The van der Waals surface area contributed by atoms with E-state index >= 15 is 0 Å². The van der Waals surface area contributed by atoms with Crippen LogP contribution >= 0.6 is 0 Å². The van der Waals surface area contributed by atoms with Crippen molar-refractivity contribution in [2.24, 2.45) is 5.92 Å². The van der Waals surface area contributed by atoms with E-state index in [1.54, 1.807) is 13.2 Å². The second-order valence-electron chi connectivity index (χ2n) is 6.58. The Morgan fingerprint density at radius 3 is 2.54 bits per heavy atom. The molecule has 5 heteroatoms. The summed E-state index contributed by atoms with van der Waals surface area (Å²) >= 11 is 0. The molecule has 0 radical (unpaired) electrons. The summed E-state index contributed by atoms with van der Waals surface area (Å²) in [6, 6.07) is 5.72. The molecule has 2 rings (SSSR count). The monoisotopic (exact) mass is 332 g/mol. The average Bonchev–Trinajstić information content (AvgIpc) is 2.58. The molecule has 1 aliphatic heterocycles. The van der Waals surface area contributed by atoms with Crippen molar-refractivity contribution < 1.29 is 14.3 Å². The second kappa shape index (κ2) is 8.73.